The molecular formula is C33H39NO5. The van der Waals surface area contributed by atoms with Crippen molar-refractivity contribution >= 4 is 17.9 Å². The zero-order valence-electron chi connectivity index (χ0n) is 23.0. The lowest BCUT2D eigenvalue weighted by Gasteiger charge is -2.32. The van der Waals surface area contributed by atoms with E-state index in [2.05, 4.69) is 13.0 Å². The first-order valence-electron chi connectivity index (χ1n) is 14.3. The third-order valence-electron chi connectivity index (χ3n) is 8.27. The monoisotopic (exact) mass is 529 g/mol. The van der Waals surface area contributed by atoms with E-state index < -0.39 is 0 Å². The minimum atomic E-state index is -0.327. The fraction of sp³-hybridized carbons (Fsp3) is 0.455. The van der Waals surface area contributed by atoms with Gasteiger partial charge < -0.3 is 14.6 Å². The van der Waals surface area contributed by atoms with Crippen molar-refractivity contribution in [2.45, 2.75) is 58.5 Å². The van der Waals surface area contributed by atoms with Gasteiger partial charge in [0.15, 0.2) is 0 Å². The second kappa shape index (κ2) is 12.2. The molecule has 4 atom stereocenters. The SMILES string of the molecule is CCC/C(=C\c1ccc(O)cc1)CC[C@H]1OC[C@H]2C1=C(COc1ccccc1)C[C@H]1C(=O)N(CCC)C(=O)[C@H]12. The van der Waals surface area contributed by atoms with Crippen LogP contribution in [-0.2, 0) is 14.3 Å². The Morgan fingerprint density at radius 3 is 2.49 bits per heavy atom. The molecule has 0 bridgehead atoms. The standard InChI is InChI=1S/C33H39NO5/c1-3-8-22(18-23-11-14-25(35)15-12-23)13-16-29-30-24(20-38-26-9-6-5-7-10-26)19-27-31(28(30)21-39-29)33(37)34(17-4-2)32(27)36/h5-7,9-12,14-15,18,27-29,31,35H,3-4,8,13,16-17,19-21H2,1-2H3/b22-18+/t27-,28+,29-,31-/m1/s1. The highest BCUT2D eigenvalue weighted by molar-refractivity contribution is 6.06. The lowest BCUT2D eigenvalue weighted by Crippen LogP contribution is -2.35. The Balaban J connectivity index is 1.40. The molecule has 0 aromatic heterocycles. The minimum absolute atomic E-state index is 0.0273. The number of carbonyl (C=O) groups excluding carboxylic acids is 2. The topological polar surface area (TPSA) is 76.1 Å². The summed E-state index contributed by atoms with van der Waals surface area (Å²) in [5.74, 6) is 0.279. The molecule has 2 fully saturated rings. The van der Waals surface area contributed by atoms with E-state index in [0.29, 0.717) is 26.2 Å². The number of aromatic hydroxyl groups is 1. The van der Waals surface area contributed by atoms with Crippen LogP contribution in [0.5, 0.6) is 11.5 Å². The van der Waals surface area contributed by atoms with Gasteiger partial charge in [-0.25, -0.2) is 0 Å². The number of fused-ring (bicyclic) bond motifs is 3. The van der Waals surface area contributed by atoms with E-state index in [0.717, 1.165) is 49.0 Å². The van der Waals surface area contributed by atoms with E-state index in [9.17, 15) is 14.7 Å². The molecule has 0 radical (unpaired) electrons. The highest BCUT2D eigenvalue weighted by Gasteiger charge is 2.56. The van der Waals surface area contributed by atoms with Gasteiger partial charge in [-0.05, 0) is 73.1 Å². The van der Waals surface area contributed by atoms with Crippen molar-refractivity contribution in [2.75, 3.05) is 19.8 Å². The van der Waals surface area contributed by atoms with Gasteiger partial charge >= 0.3 is 0 Å². The van der Waals surface area contributed by atoms with Crippen LogP contribution in [0.3, 0.4) is 0 Å². The Hall–Kier alpha value is -3.38. The molecule has 0 saturated carbocycles. The summed E-state index contributed by atoms with van der Waals surface area (Å²) in [6.07, 6.45) is 7.18. The molecule has 39 heavy (non-hydrogen) atoms. The molecule has 0 spiro atoms. The third-order valence-corrected chi connectivity index (χ3v) is 8.27. The Morgan fingerprint density at radius 2 is 1.77 bits per heavy atom. The van der Waals surface area contributed by atoms with Gasteiger partial charge in [0.25, 0.3) is 0 Å². The summed E-state index contributed by atoms with van der Waals surface area (Å²) >= 11 is 0. The van der Waals surface area contributed by atoms with Crippen molar-refractivity contribution in [3.63, 3.8) is 0 Å². The first-order valence-corrected chi connectivity index (χ1v) is 14.3. The quantitative estimate of drug-likeness (QED) is 0.279. The van der Waals surface area contributed by atoms with Crippen molar-refractivity contribution < 1.29 is 24.2 Å². The molecule has 2 heterocycles. The number of hydrogen-bond acceptors (Lipinski definition) is 5. The number of likely N-dealkylation sites (tertiary alicyclic amines) is 1. The summed E-state index contributed by atoms with van der Waals surface area (Å²) < 4.78 is 12.6. The number of allylic oxidation sites excluding steroid dienone is 1. The van der Waals surface area contributed by atoms with Crippen LogP contribution in [0.1, 0.15) is 57.9 Å². The molecule has 2 saturated heterocycles. The van der Waals surface area contributed by atoms with Crippen LogP contribution in [0, 0.1) is 17.8 Å². The molecule has 3 aliphatic rings. The van der Waals surface area contributed by atoms with Gasteiger partial charge in [-0.15, -0.1) is 0 Å². The van der Waals surface area contributed by atoms with Gasteiger partial charge in [0.05, 0.1) is 24.5 Å². The Labute approximate surface area is 231 Å². The minimum Gasteiger partial charge on any atom is -0.508 e. The Kier molecular flexibility index (Phi) is 8.51. The maximum atomic E-state index is 13.4. The van der Waals surface area contributed by atoms with Crippen molar-refractivity contribution in [3.05, 3.63) is 76.9 Å². The summed E-state index contributed by atoms with van der Waals surface area (Å²) in [6.45, 7) is 5.54. The van der Waals surface area contributed by atoms with Crippen LogP contribution in [0.4, 0.5) is 0 Å². The molecule has 6 nitrogen and oxygen atoms in total. The second-order valence-corrected chi connectivity index (χ2v) is 10.9. The lowest BCUT2D eigenvalue weighted by atomic mass is 9.69. The molecular weight excluding hydrogens is 490 g/mol. The van der Waals surface area contributed by atoms with E-state index >= 15 is 0 Å². The number of ether oxygens (including phenoxy) is 2. The van der Waals surface area contributed by atoms with Crippen LogP contribution in [0.2, 0.25) is 0 Å². The number of para-hydroxylation sites is 1. The number of rotatable bonds is 11. The summed E-state index contributed by atoms with van der Waals surface area (Å²) in [5.41, 5.74) is 4.72. The molecule has 0 unspecified atom stereocenters. The van der Waals surface area contributed by atoms with Crippen molar-refractivity contribution in [1.82, 2.24) is 4.90 Å². The number of imide groups is 1. The number of carbonyl (C=O) groups is 2. The normalized spacial score (nSPS) is 24.8. The molecule has 2 aliphatic heterocycles. The number of phenolic OH excluding ortho intramolecular Hbond substituents is 1. The summed E-state index contributed by atoms with van der Waals surface area (Å²) in [5, 5.41) is 9.64. The fourth-order valence-corrected chi connectivity index (χ4v) is 6.52. The number of hydrogen-bond donors (Lipinski definition) is 1. The molecule has 6 heteroatoms. The first kappa shape index (κ1) is 27.2. The number of nitrogens with zero attached hydrogens (tertiary/aromatic N) is 1. The number of phenols is 1. The summed E-state index contributed by atoms with van der Waals surface area (Å²) in [4.78, 5) is 28.2. The average Bonchev–Trinajstić information content (AvgIpc) is 3.47. The second-order valence-electron chi connectivity index (χ2n) is 10.9. The zero-order valence-corrected chi connectivity index (χ0v) is 23.0. The van der Waals surface area contributed by atoms with E-state index in [1.54, 1.807) is 12.1 Å². The van der Waals surface area contributed by atoms with Gasteiger partial charge in [0.1, 0.15) is 18.1 Å². The van der Waals surface area contributed by atoms with Gasteiger partial charge in [0.2, 0.25) is 11.8 Å². The maximum absolute atomic E-state index is 13.4. The van der Waals surface area contributed by atoms with Crippen LogP contribution >= 0.6 is 0 Å². The van der Waals surface area contributed by atoms with Crippen LogP contribution in [-0.4, -0.2) is 47.7 Å². The molecule has 2 amide bonds. The highest BCUT2D eigenvalue weighted by Crippen LogP contribution is 2.50. The van der Waals surface area contributed by atoms with Crippen molar-refractivity contribution in [3.8, 4) is 11.5 Å². The predicted molar refractivity (Wildman–Crippen MR) is 151 cm³/mol. The van der Waals surface area contributed by atoms with Crippen LogP contribution in [0.25, 0.3) is 6.08 Å². The van der Waals surface area contributed by atoms with Crippen LogP contribution in [0.15, 0.2) is 71.3 Å². The largest absolute Gasteiger partial charge is 0.508 e. The smallest absolute Gasteiger partial charge is 0.233 e. The number of benzene rings is 2. The number of amides is 2. The third kappa shape index (κ3) is 5.81. The highest BCUT2D eigenvalue weighted by atomic mass is 16.5. The molecule has 206 valence electrons. The van der Waals surface area contributed by atoms with Gasteiger partial charge in [-0.1, -0.05) is 62.2 Å². The van der Waals surface area contributed by atoms with Crippen LogP contribution < -0.4 is 4.74 Å². The van der Waals surface area contributed by atoms with E-state index in [1.807, 2.05) is 49.4 Å². The molecule has 2 aromatic rings. The van der Waals surface area contributed by atoms with Crippen molar-refractivity contribution in [2.24, 2.45) is 17.8 Å². The molecule has 2 aromatic carbocycles. The lowest BCUT2D eigenvalue weighted by molar-refractivity contribution is -0.140. The zero-order chi connectivity index (χ0) is 27.4. The van der Waals surface area contributed by atoms with E-state index in [-0.39, 0.29) is 41.4 Å². The molecule has 1 aliphatic carbocycles. The first-order chi connectivity index (χ1) is 19.0. The van der Waals surface area contributed by atoms with Gasteiger partial charge in [0, 0.05) is 12.5 Å². The predicted octanol–water partition coefficient (Wildman–Crippen LogP) is 6.16. The summed E-state index contributed by atoms with van der Waals surface area (Å²) in [6, 6.07) is 17.0. The van der Waals surface area contributed by atoms with Crippen molar-refractivity contribution in [1.29, 1.82) is 0 Å². The Morgan fingerprint density at radius 1 is 1.00 bits per heavy atom. The van der Waals surface area contributed by atoms with Gasteiger partial charge in [-0.3, -0.25) is 14.5 Å². The van der Waals surface area contributed by atoms with E-state index in [4.69, 9.17) is 9.47 Å². The summed E-state index contributed by atoms with van der Waals surface area (Å²) in [7, 11) is 0. The maximum Gasteiger partial charge on any atom is 0.233 e. The fourth-order valence-electron chi connectivity index (χ4n) is 6.52. The average molecular weight is 530 g/mol. The molecule has 5 rings (SSSR count). The van der Waals surface area contributed by atoms with E-state index in [1.165, 1.54) is 16.0 Å². The Bertz CT molecular complexity index is 1230. The van der Waals surface area contributed by atoms with Gasteiger partial charge in [-0.2, -0.15) is 0 Å². The molecule has 1 N–H and O–H groups in total.